The molecule has 1 aliphatic rings. The van der Waals surface area contributed by atoms with Gasteiger partial charge in [-0.3, -0.25) is 4.90 Å². The average molecular weight is 462 g/mol. The third kappa shape index (κ3) is 5.95. The lowest BCUT2D eigenvalue weighted by Gasteiger charge is -2.36. The maximum atomic E-state index is 13.1. The molecule has 1 saturated heterocycles. The van der Waals surface area contributed by atoms with E-state index in [0.717, 1.165) is 16.0 Å². The molecular formula is C25H34N2O4S. The molecule has 7 heteroatoms. The highest BCUT2D eigenvalue weighted by atomic mass is 32.2. The molecule has 2 aromatic rings. The van der Waals surface area contributed by atoms with Crippen molar-refractivity contribution >= 4 is 17.9 Å². The largest absolute Gasteiger partial charge is 0.481 e. The minimum absolute atomic E-state index is 0.0469. The fourth-order valence-electron chi connectivity index (χ4n) is 3.73. The van der Waals surface area contributed by atoms with E-state index in [-0.39, 0.29) is 17.2 Å². The summed E-state index contributed by atoms with van der Waals surface area (Å²) in [6, 6.07) is 11.5. The molecule has 32 heavy (non-hydrogen) atoms. The second kappa shape index (κ2) is 9.71. The zero-order valence-corrected chi connectivity index (χ0v) is 20.4. The van der Waals surface area contributed by atoms with Crippen molar-refractivity contribution in [2.75, 3.05) is 13.6 Å². The molecule has 0 unspecified atom stereocenters. The van der Waals surface area contributed by atoms with Crippen LogP contribution in [0.1, 0.15) is 61.5 Å². The standard InChI is InChI=1S/C25H34N2O4S/c1-17-15-26-22(29-7)14-20(17)32-21(18-11-9-8-10-12-18)13-19-16-30-25(5,6)27(19)23(28)31-24(2,3)4/h8-12,14-15,19,21H,13,16H2,1-7H3/t19-,21+/m0/s1/i7D3. The molecule has 0 spiro atoms. The van der Waals surface area contributed by atoms with Crippen molar-refractivity contribution in [1.29, 1.82) is 0 Å². The Labute approximate surface area is 199 Å². The number of thioether (sulfide) groups is 1. The predicted molar refractivity (Wildman–Crippen MR) is 127 cm³/mol. The number of aromatic nitrogens is 1. The smallest absolute Gasteiger partial charge is 0.412 e. The number of methoxy groups -OCH3 is 1. The molecule has 1 aromatic carbocycles. The maximum absolute atomic E-state index is 13.1. The molecule has 0 radical (unpaired) electrons. The first-order valence-corrected chi connectivity index (χ1v) is 11.6. The second-order valence-electron chi connectivity index (χ2n) is 9.40. The summed E-state index contributed by atoms with van der Waals surface area (Å²) >= 11 is 1.58. The zero-order valence-electron chi connectivity index (χ0n) is 22.5. The van der Waals surface area contributed by atoms with Gasteiger partial charge >= 0.3 is 6.09 Å². The molecule has 2 heterocycles. The molecule has 3 rings (SSSR count). The Morgan fingerprint density at radius 3 is 2.75 bits per heavy atom. The molecule has 1 aliphatic heterocycles. The summed E-state index contributed by atoms with van der Waals surface area (Å²) in [7, 11) is -2.58. The fourth-order valence-corrected chi connectivity index (χ4v) is 5.05. The van der Waals surface area contributed by atoms with Crippen LogP contribution < -0.4 is 4.74 Å². The van der Waals surface area contributed by atoms with Crippen LogP contribution >= 0.6 is 11.8 Å². The summed E-state index contributed by atoms with van der Waals surface area (Å²) in [6.45, 7) is 11.6. The van der Waals surface area contributed by atoms with Gasteiger partial charge in [0.25, 0.3) is 0 Å². The van der Waals surface area contributed by atoms with Crippen LogP contribution in [0.15, 0.2) is 47.5 Å². The summed E-state index contributed by atoms with van der Waals surface area (Å²) in [5.41, 5.74) is 0.564. The fraction of sp³-hybridized carbons (Fsp3) is 0.520. The van der Waals surface area contributed by atoms with Gasteiger partial charge in [0.05, 0.1) is 23.8 Å². The van der Waals surface area contributed by atoms with Crippen molar-refractivity contribution in [1.82, 2.24) is 9.88 Å². The van der Waals surface area contributed by atoms with Gasteiger partial charge in [0, 0.05) is 22.4 Å². The third-order valence-electron chi connectivity index (χ3n) is 5.22. The lowest BCUT2D eigenvalue weighted by Crippen LogP contribution is -2.50. The monoisotopic (exact) mass is 461 g/mol. The van der Waals surface area contributed by atoms with Crippen molar-refractivity contribution in [3.63, 3.8) is 0 Å². The molecule has 0 N–H and O–H groups in total. The van der Waals surface area contributed by atoms with Crippen molar-refractivity contribution in [2.45, 2.75) is 75.5 Å². The molecular weight excluding hydrogens is 424 g/mol. The maximum Gasteiger partial charge on any atom is 0.412 e. The number of pyridine rings is 1. The first-order valence-electron chi connectivity index (χ1n) is 12.2. The average Bonchev–Trinajstić information content (AvgIpc) is 3.02. The number of hydrogen-bond donors (Lipinski definition) is 0. The number of benzene rings is 1. The van der Waals surface area contributed by atoms with E-state index in [9.17, 15) is 4.79 Å². The SMILES string of the molecule is [2H]C([2H])([2H])Oc1cc(S[C@H](C[C@H]2COC(C)(C)N2C(=O)OC(C)(C)C)c2ccccc2)c(C)cn1. The molecule has 174 valence electrons. The Hall–Kier alpha value is -2.25. The van der Waals surface area contributed by atoms with Crippen LogP contribution in [0.4, 0.5) is 4.79 Å². The molecule has 0 bridgehead atoms. The molecule has 1 aromatic heterocycles. The van der Waals surface area contributed by atoms with Gasteiger partial charge in [0.1, 0.15) is 11.3 Å². The lowest BCUT2D eigenvalue weighted by molar-refractivity contribution is -0.0626. The number of aryl methyl sites for hydroxylation is 1. The van der Waals surface area contributed by atoms with Crippen molar-refractivity contribution in [2.24, 2.45) is 0 Å². The molecule has 0 aliphatic carbocycles. The van der Waals surface area contributed by atoms with Gasteiger partial charge in [0.15, 0.2) is 0 Å². The molecule has 6 nitrogen and oxygen atoms in total. The van der Waals surface area contributed by atoms with Gasteiger partial charge in [-0.25, -0.2) is 9.78 Å². The van der Waals surface area contributed by atoms with Crippen LogP contribution in [0, 0.1) is 6.92 Å². The summed E-state index contributed by atoms with van der Waals surface area (Å²) < 4.78 is 38.9. The number of carbonyl (C=O) groups excluding carboxylic acids is 1. The normalized spacial score (nSPS) is 20.8. The molecule has 0 saturated carbocycles. The van der Waals surface area contributed by atoms with Gasteiger partial charge < -0.3 is 14.2 Å². The van der Waals surface area contributed by atoms with E-state index in [1.807, 2.05) is 71.9 Å². The Bertz CT molecular complexity index is 1030. The van der Waals surface area contributed by atoms with E-state index in [4.69, 9.17) is 18.3 Å². The second-order valence-corrected chi connectivity index (χ2v) is 10.6. The van der Waals surface area contributed by atoms with Crippen LogP contribution in [0.3, 0.4) is 0 Å². The van der Waals surface area contributed by atoms with E-state index in [2.05, 4.69) is 4.98 Å². The number of ether oxygens (including phenoxy) is 3. The van der Waals surface area contributed by atoms with Gasteiger partial charge in [0.2, 0.25) is 5.88 Å². The predicted octanol–water partition coefficient (Wildman–Crippen LogP) is 5.99. The first kappa shape index (κ1) is 20.4. The quantitative estimate of drug-likeness (QED) is 0.492. The molecule has 2 atom stereocenters. The van der Waals surface area contributed by atoms with E-state index in [1.165, 1.54) is 0 Å². The Kier molecular flexibility index (Phi) is 6.18. The van der Waals surface area contributed by atoms with Gasteiger partial charge in [-0.2, -0.15) is 0 Å². The van der Waals surface area contributed by atoms with Crippen molar-refractivity contribution in [3.8, 4) is 5.88 Å². The highest BCUT2D eigenvalue weighted by Gasteiger charge is 2.46. The topological polar surface area (TPSA) is 60.9 Å². The Morgan fingerprint density at radius 2 is 2.09 bits per heavy atom. The van der Waals surface area contributed by atoms with Crippen molar-refractivity contribution in [3.05, 3.63) is 53.7 Å². The summed E-state index contributed by atoms with van der Waals surface area (Å²) in [6.07, 6.45) is 1.81. The minimum atomic E-state index is -2.58. The first-order chi connectivity index (χ1) is 16.1. The Morgan fingerprint density at radius 1 is 1.38 bits per heavy atom. The minimum Gasteiger partial charge on any atom is -0.481 e. The number of carbonyl (C=O) groups is 1. The van der Waals surface area contributed by atoms with Gasteiger partial charge in [-0.1, -0.05) is 30.3 Å². The Balaban J connectivity index is 1.90. The highest BCUT2D eigenvalue weighted by Crippen LogP contribution is 2.43. The summed E-state index contributed by atoms with van der Waals surface area (Å²) in [5, 5.41) is -0.0506. The van der Waals surface area contributed by atoms with E-state index in [0.29, 0.717) is 13.0 Å². The van der Waals surface area contributed by atoms with Crippen LogP contribution in [0.5, 0.6) is 5.88 Å². The van der Waals surface area contributed by atoms with Gasteiger partial charge in [-0.15, -0.1) is 11.8 Å². The molecule has 1 fully saturated rings. The molecule has 1 amide bonds. The van der Waals surface area contributed by atoms with Crippen molar-refractivity contribution < 1.29 is 23.1 Å². The van der Waals surface area contributed by atoms with E-state index in [1.54, 1.807) is 28.9 Å². The summed E-state index contributed by atoms with van der Waals surface area (Å²) in [4.78, 5) is 19.8. The lowest BCUT2D eigenvalue weighted by atomic mass is 10.0. The third-order valence-corrected chi connectivity index (χ3v) is 6.67. The van der Waals surface area contributed by atoms with Crippen LogP contribution in [0.2, 0.25) is 0 Å². The summed E-state index contributed by atoms with van der Waals surface area (Å²) in [5.74, 6) is 0.0469. The van der Waals surface area contributed by atoms with Crippen LogP contribution in [-0.4, -0.2) is 47.0 Å². The number of rotatable bonds is 6. The van der Waals surface area contributed by atoms with E-state index >= 15 is 0 Å². The van der Waals surface area contributed by atoms with Crippen LogP contribution in [0.25, 0.3) is 0 Å². The zero-order chi connectivity index (χ0) is 26.0. The van der Waals surface area contributed by atoms with Crippen LogP contribution in [-0.2, 0) is 9.47 Å². The van der Waals surface area contributed by atoms with Gasteiger partial charge in [-0.05, 0) is 59.1 Å². The van der Waals surface area contributed by atoms with E-state index < -0.39 is 24.5 Å². The number of hydrogen-bond acceptors (Lipinski definition) is 6. The number of amides is 1. The number of nitrogens with zero attached hydrogens (tertiary/aromatic N) is 2. The highest BCUT2D eigenvalue weighted by molar-refractivity contribution is 7.99.